The van der Waals surface area contributed by atoms with E-state index in [1.807, 2.05) is 0 Å². The van der Waals surface area contributed by atoms with Crippen LogP contribution in [0.4, 0.5) is 13.2 Å². The number of nitrogens with one attached hydrogen (secondary N) is 5. The number of likely N-dealkylation sites (tertiary alicyclic amines) is 1. The molecule has 61 heavy (non-hydrogen) atoms. The number of hydrogen-bond acceptors (Lipinski definition) is 9. The molecule has 4 rings (SSSR count). The van der Waals surface area contributed by atoms with Crippen LogP contribution in [0.5, 0.6) is 0 Å². The van der Waals surface area contributed by atoms with Crippen LogP contribution >= 0.6 is 0 Å². The van der Waals surface area contributed by atoms with Gasteiger partial charge < -0.3 is 46.4 Å². The van der Waals surface area contributed by atoms with Crippen LogP contribution < -0.4 is 32.3 Å². The lowest BCUT2D eigenvalue weighted by molar-refractivity contribution is -0.142. The molecular formula is C43H54F3N7O8. The third kappa shape index (κ3) is 14.9. The third-order valence-corrected chi connectivity index (χ3v) is 10.2. The molecule has 15 nitrogen and oxygen atoms in total. The fourth-order valence-electron chi connectivity index (χ4n) is 7.05. The largest absolute Gasteiger partial charge is 0.469 e. The number of carbonyl (C=O) groups is 6. The van der Waals surface area contributed by atoms with Crippen molar-refractivity contribution in [3.05, 3.63) is 108 Å². The number of hydrogen-bond donors (Lipinski definition) is 6. The number of carbonyl (C=O) groups excluding carboxylic acids is 6. The highest BCUT2D eigenvalue weighted by molar-refractivity contribution is 5.92. The molecule has 6 amide bonds. The highest BCUT2D eigenvalue weighted by Gasteiger charge is 2.44. The maximum Gasteiger partial charge on any atom is 0.416 e. The van der Waals surface area contributed by atoms with Crippen LogP contribution in [0.3, 0.4) is 0 Å². The highest BCUT2D eigenvalue weighted by Crippen LogP contribution is 2.36. The zero-order valence-electron chi connectivity index (χ0n) is 34.1. The lowest BCUT2D eigenvalue weighted by Gasteiger charge is -2.42. The van der Waals surface area contributed by atoms with E-state index < -0.39 is 58.8 Å². The van der Waals surface area contributed by atoms with Crippen molar-refractivity contribution < 1.29 is 51.1 Å². The predicted octanol–water partition coefficient (Wildman–Crippen LogP) is 2.32. The lowest BCUT2D eigenvalue weighted by atomic mass is 9.74. The number of halogens is 3. The van der Waals surface area contributed by atoms with E-state index in [2.05, 4.69) is 33.2 Å². The first kappa shape index (κ1) is 47.7. The van der Waals surface area contributed by atoms with Crippen LogP contribution in [0.1, 0.15) is 54.2 Å². The van der Waals surface area contributed by atoms with Crippen molar-refractivity contribution in [2.45, 2.75) is 70.3 Å². The Morgan fingerprint density at radius 2 is 1.64 bits per heavy atom. The molecule has 0 spiro atoms. The Morgan fingerprint density at radius 3 is 2.30 bits per heavy atom. The molecule has 1 aliphatic heterocycles. The van der Waals surface area contributed by atoms with Gasteiger partial charge in [0.2, 0.25) is 35.4 Å². The van der Waals surface area contributed by atoms with Gasteiger partial charge in [-0.15, -0.1) is 0 Å². The average molecular weight is 854 g/mol. The Bertz CT molecular complexity index is 1960. The van der Waals surface area contributed by atoms with E-state index in [0.29, 0.717) is 48.6 Å². The summed E-state index contributed by atoms with van der Waals surface area (Å²) < 4.78 is 50.9. The third-order valence-electron chi connectivity index (χ3n) is 10.2. The van der Waals surface area contributed by atoms with Gasteiger partial charge in [0.1, 0.15) is 17.8 Å². The number of rotatable bonds is 22. The van der Waals surface area contributed by atoms with Gasteiger partial charge in [-0.1, -0.05) is 43.0 Å². The molecule has 2 heterocycles. The van der Waals surface area contributed by atoms with Gasteiger partial charge in [-0.3, -0.25) is 28.8 Å². The smallest absolute Gasteiger partial charge is 0.416 e. The predicted molar refractivity (Wildman–Crippen MR) is 218 cm³/mol. The van der Waals surface area contributed by atoms with Gasteiger partial charge in [-0.25, -0.2) is 0 Å². The topological polar surface area (TPSA) is 214 Å². The molecule has 1 fully saturated rings. The second kappa shape index (κ2) is 23.1. The van der Waals surface area contributed by atoms with Gasteiger partial charge in [-0.05, 0) is 72.7 Å². The maximum absolute atomic E-state index is 14.5. The Morgan fingerprint density at radius 1 is 0.918 bits per heavy atom. The minimum Gasteiger partial charge on any atom is -0.469 e. The zero-order chi connectivity index (χ0) is 44.4. The second-order valence-electron chi connectivity index (χ2n) is 14.8. The number of ether oxygens (including phenoxy) is 1. The van der Waals surface area contributed by atoms with E-state index in [0.717, 1.165) is 18.2 Å². The van der Waals surface area contributed by atoms with E-state index in [-0.39, 0.29) is 70.8 Å². The van der Waals surface area contributed by atoms with Gasteiger partial charge in [0.05, 0.1) is 36.9 Å². The molecule has 0 radical (unpaired) electrons. The standard InChI is InChI=1S/C43H54F3N7O8/c1-3-38(56)53-20-7-16-42(28-53,26-30-11-13-33(14-12-30)43(44,45)46)41(59)52-36(25-34-10-6-21-61-34)40(58)50-27-32-9-5-4-8-31(32)24-37(55)51-35(15-18-48-29(2)54)39(57)49-19-23-60-22-17-47/h3-6,8-14,21,35-36H,1,7,15-20,22-28,47H2,2H3,(H,48,54)(H,49,57)(H,50,58)(H,51,55)(H,52,59)/t35-,36-,42+/m0/s1. The van der Waals surface area contributed by atoms with Crippen LogP contribution in [-0.2, 0) is 65.5 Å². The number of nitrogens with zero attached hydrogens (tertiary/aromatic N) is 1. The van der Waals surface area contributed by atoms with Gasteiger partial charge >= 0.3 is 6.18 Å². The summed E-state index contributed by atoms with van der Waals surface area (Å²) in [6.45, 7) is 6.32. The Labute approximate surface area is 352 Å². The number of benzene rings is 2. The van der Waals surface area contributed by atoms with E-state index in [1.54, 1.807) is 36.4 Å². The minimum absolute atomic E-state index is 0.0125. The van der Waals surface area contributed by atoms with Gasteiger partial charge in [-0.2, -0.15) is 13.2 Å². The van der Waals surface area contributed by atoms with Crippen molar-refractivity contribution >= 4 is 35.4 Å². The summed E-state index contributed by atoms with van der Waals surface area (Å²) >= 11 is 0. The molecule has 0 bridgehead atoms. The molecule has 1 aliphatic rings. The number of nitrogens with two attached hydrogens (primary N) is 1. The first-order chi connectivity index (χ1) is 29.1. The first-order valence-electron chi connectivity index (χ1n) is 20.0. The summed E-state index contributed by atoms with van der Waals surface area (Å²) in [5, 5.41) is 13.8. The molecule has 0 unspecified atom stereocenters. The molecule has 7 N–H and O–H groups in total. The van der Waals surface area contributed by atoms with Crippen molar-refractivity contribution in [3.8, 4) is 0 Å². The van der Waals surface area contributed by atoms with Crippen molar-refractivity contribution in [2.75, 3.05) is 45.9 Å². The average Bonchev–Trinajstić information content (AvgIpc) is 3.75. The molecule has 2 aromatic carbocycles. The summed E-state index contributed by atoms with van der Waals surface area (Å²) in [6.07, 6.45) is -1.41. The van der Waals surface area contributed by atoms with E-state index >= 15 is 0 Å². The summed E-state index contributed by atoms with van der Waals surface area (Å²) in [6, 6.07) is 12.5. The maximum atomic E-state index is 14.5. The SMILES string of the molecule is C=CC(=O)N1CCC[C@](Cc2ccc(C(F)(F)F)cc2)(C(=O)N[C@@H](Cc2ccco2)C(=O)NCc2ccccc2CC(=O)N[C@@H](CCNC(C)=O)C(=O)NCCOCCN)C1. The Balaban J connectivity index is 1.50. The molecule has 330 valence electrons. The van der Waals surface area contributed by atoms with Crippen LogP contribution in [0.2, 0.25) is 0 Å². The normalized spacial score (nSPS) is 16.1. The summed E-state index contributed by atoms with van der Waals surface area (Å²) in [5.74, 6) is -2.42. The lowest BCUT2D eigenvalue weighted by Crippen LogP contribution is -2.58. The van der Waals surface area contributed by atoms with Crippen molar-refractivity contribution in [2.24, 2.45) is 11.1 Å². The monoisotopic (exact) mass is 853 g/mol. The second-order valence-corrected chi connectivity index (χ2v) is 14.8. The molecule has 0 aliphatic carbocycles. The molecule has 1 aromatic heterocycles. The Hall–Kier alpha value is -6.01. The number of piperidine rings is 1. The quantitative estimate of drug-likeness (QED) is 0.0646. The fraction of sp³-hybridized carbons (Fsp3) is 0.442. The summed E-state index contributed by atoms with van der Waals surface area (Å²) in [7, 11) is 0. The van der Waals surface area contributed by atoms with Crippen LogP contribution in [0.15, 0.2) is 84.0 Å². The number of alkyl halides is 3. The van der Waals surface area contributed by atoms with Gasteiger partial charge in [0, 0.05) is 52.6 Å². The molecule has 1 saturated heterocycles. The van der Waals surface area contributed by atoms with Crippen LogP contribution in [0.25, 0.3) is 0 Å². The van der Waals surface area contributed by atoms with Gasteiger partial charge in [0.15, 0.2) is 0 Å². The Kier molecular flexibility index (Phi) is 18.1. The molecule has 3 aromatic rings. The molecule has 18 heteroatoms. The first-order valence-corrected chi connectivity index (χ1v) is 20.0. The summed E-state index contributed by atoms with van der Waals surface area (Å²) in [5.41, 5.74) is 4.84. The van der Waals surface area contributed by atoms with Crippen molar-refractivity contribution in [1.82, 2.24) is 31.5 Å². The highest BCUT2D eigenvalue weighted by atomic mass is 19.4. The molecule has 3 atom stereocenters. The van der Waals surface area contributed by atoms with Crippen molar-refractivity contribution in [3.63, 3.8) is 0 Å². The summed E-state index contributed by atoms with van der Waals surface area (Å²) in [4.78, 5) is 80.5. The van der Waals surface area contributed by atoms with E-state index in [1.165, 1.54) is 30.2 Å². The zero-order valence-corrected chi connectivity index (χ0v) is 34.1. The fourth-order valence-corrected chi connectivity index (χ4v) is 7.05. The molecule has 0 saturated carbocycles. The van der Waals surface area contributed by atoms with Gasteiger partial charge in [0.25, 0.3) is 0 Å². The van der Waals surface area contributed by atoms with Crippen LogP contribution in [-0.4, -0.2) is 98.4 Å². The number of amides is 6. The minimum atomic E-state index is -4.55. The van der Waals surface area contributed by atoms with Crippen molar-refractivity contribution in [1.29, 1.82) is 0 Å². The van der Waals surface area contributed by atoms with E-state index in [4.69, 9.17) is 14.9 Å². The van der Waals surface area contributed by atoms with E-state index in [9.17, 15) is 41.9 Å². The van der Waals surface area contributed by atoms with Crippen LogP contribution in [0, 0.1) is 5.41 Å². The molecular weight excluding hydrogens is 800 g/mol. The number of furan rings is 1.